The van der Waals surface area contributed by atoms with Crippen molar-refractivity contribution >= 4 is 17.7 Å². The Labute approximate surface area is 191 Å². The molecule has 0 aliphatic carbocycles. The van der Waals surface area contributed by atoms with E-state index in [1.165, 1.54) is 5.56 Å². The lowest BCUT2D eigenvalue weighted by atomic mass is 10.0. The van der Waals surface area contributed by atoms with Crippen molar-refractivity contribution in [1.82, 2.24) is 20.1 Å². The second kappa shape index (κ2) is 8.04. The summed E-state index contributed by atoms with van der Waals surface area (Å²) in [6.07, 6.45) is 2.47. The molecule has 1 N–H and O–H groups in total. The zero-order valence-corrected chi connectivity index (χ0v) is 18.3. The van der Waals surface area contributed by atoms with Crippen LogP contribution in [-0.4, -0.2) is 64.9 Å². The number of nitrogens with zero attached hydrogens (tertiary/aromatic N) is 3. The minimum absolute atomic E-state index is 0.156. The predicted molar refractivity (Wildman–Crippen MR) is 119 cm³/mol. The van der Waals surface area contributed by atoms with Gasteiger partial charge in [-0.1, -0.05) is 6.07 Å². The van der Waals surface area contributed by atoms with Crippen LogP contribution in [0.2, 0.25) is 0 Å². The highest BCUT2D eigenvalue weighted by molar-refractivity contribution is 6.05. The average molecular weight is 447 g/mol. The molecular formula is C25H26N4O4. The van der Waals surface area contributed by atoms with Gasteiger partial charge in [0.1, 0.15) is 6.04 Å². The number of hydrogen-bond donors (Lipinski definition) is 1. The van der Waals surface area contributed by atoms with Crippen LogP contribution in [0.25, 0.3) is 11.3 Å². The maximum atomic E-state index is 12.9. The van der Waals surface area contributed by atoms with Crippen molar-refractivity contribution in [1.29, 1.82) is 0 Å². The van der Waals surface area contributed by atoms with Gasteiger partial charge < -0.3 is 9.64 Å². The van der Waals surface area contributed by atoms with Crippen LogP contribution in [0.5, 0.6) is 0 Å². The summed E-state index contributed by atoms with van der Waals surface area (Å²) in [6, 6.07) is 9.35. The first-order valence-electron chi connectivity index (χ1n) is 11.6. The largest absolute Gasteiger partial charge is 0.381 e. The number of carbonyl (C=O) groups excluding carboxylic acids is 3. The molecule has 170 valence electrons. The molecule has 4 aliphatic heterocycles. The third-order valence-corrected chi connectivity index (χ3v) is 7.37. The van der Waals surface area contributed by atoms with Crippen molar-refractivity contribution in [2.75, 3.05) is 26.3 Å². The lowest BCUT2D eigenvalue weighted by Crippen LogP contribution is -2.52. The van der Waals surface area contributed by atoms with Gasteiger partial charge in [-0.3, -0.25) is 29.6 Å². The van der Waals surface area contributed by atoms with Crippen LogP contribution in [0.15, 0.2) is 36.5 Å². The standard InChI is InChI=1S/C25H26N4O4/c30-23-4-3-22(24(31)27-23)29-12-17-8-16(1-2-20(17)25(29)32)21-7-15(5-6-26-21)9-28-10-18-13-33-14-19(18)11-28/h1-2,5-8,18-19,22H,3-4,9-14H2,(H,27,30,31)/t18-,19+,22?. The van der Waals surface area contributed by atoms with Crippen LogP contribution in [-0.2, 0) is 27.4 Å². The summed E-state index contributed by atoms with van der Waals surface area (Å²) in [6.45, 7) is 5.19. The lowest BCUT2D eigenvalue weighted by molar-refractivity contribution is -0.136. The van der Waals surface area contributed by atoms with Gasteiger partial charge in [0.2, 0.25) is 11.8 Å². The molecule has 0 radical (unpaired) electrons. The Kier molecular flexibility index (Phi) is 4.99. The number of hydrogen-bond acceptors (Lipinski definition) is 6. The number of imide groups is 1. The molecule has 0 saturated carbocycles. The van der Waals surface area contributed by atoms with Crippen LogP contribution in [0, 0.1) is 11.8 Å². The number of benzene rings is 1. The first-order chi connectivity index (χ1) is 16.0. The van der Waals surface area contributed by atoms with Gasteiger partial charge in [-0.15, -0.1) is 0 Å². The number of likely N-dealkylation sites (tertiary alicyclic amines) is 1. The zero-order chi connectivity index (χ0) is 22.5. The summed E-state index contributed by atoms with van der Waals surface area (Å²) < 4.78 is 5.59. The third kappa shape index (κ3) is 3.73. The lowest BCUT2D eigenvalue weighted by Gasteiger charge is -2.29. The molecule has 8 nitrogen and oxygen atoms in total. The summed E-state index contributed by atoms with van der Waals surface area (Å²) in [4.78, 5) is 45.3. The molecular weight excluding hydrogens is 420 g/mol. The number of rotatable bonds is 4. The number of pyridine rings is 1. The molecule has 1 aromatic carbocycles. The number of piperidine rings is 1. The molecule has 6 rings (SSSR count). The van der Waals surface area contributed by atoms with Gasteiger partial charge in [-0.25, -0.2) is 0 Å². The van der Waals surface area contributed by atoms with Crippen molar-refractivity contribution < 1.29 is 19.1 Å². The van der Waals surface area contributed by atoms with E-state index in [-0.39, 0.29) is 24.1 Å². The number of ether oxygens (including phenoxy) is 1. The van der Waals surface area contributed by atoms with Crippen molar-refractivity contribution in [2.45, 2.75) is 32.0 Å². The maximum absolute atomic E-state index is 12.9. The van der Waals surface area contributed by atoms with Crippen molar-refractivity contribution in [3.63, 3.8) is 0 Å². The summed E-state index contributed by atoms with van der Waals surface area (Å²) in [5.41, 5.74) is 4.57. The van der Waals surface area contributed by atoms with Gasteiger partial charge in [-0.05, 0) is 41.8 Å². The minimum atomic E-state index is -0.599. The molecule has 3 amide bonds. The van der Waals surface area contributed by atoms with E-state index in [2.05, 4.69) is 27.3 Å². The normalized spacial score (nSPS) is 27.1. The van der Waals surface area contributed by atoms with E-state index in [1.807, 2.05) is 24.4 Å². The second-order valence-electron chi connectivity index (χ2n) is 9.57. The number of fused-ring (bicyclic) bond motifs is 2. The Bertz CT molecular complexity index is 1140. The highest BCUT2D eigenvalue weighted by Gasteiger charge is 2.39. The van der Waals surface area contributed by atoms with E-state index in [4.69, 9.17) is 4.74 Å². The second-order valence-corrected chi connectivity index (χ2v) is 9.57. The molecule has 0 bridgehead atoms. The van der Waals surface area contributed by atoms with Gasteiger partial charge in [0, 0.05) is 61.8 Å². The fourth-order valence-electron chi connectivity index (χ4n) is 5.64. The summed E-state index contributed by atoms with van der Waals surface area (Å²) >= 11 is 0. The molecule has 3 atom stereocenters. The van der Waals surface area contributed by atoms with Crippen molar-refractivity contribution in [2.24, 2.45) is 11.8 Å². The quantitative estimate of drug-likeness (QED) is 0.718. The molecule has 1 aromatic heterocycles. The fraction of sp³-hybridized carbons (Fsp3) is 0.440. The SMILES string of the molecule is O=C1CCC(N2Cc3cc(-c4cc(CN5C[C@H]6COC[C@H]6C5)ccn4)ccc3C2=O)C(=O)N1. The van der Waals surface area contributed by atoms with Gasteiger partial charge in [0.25, 0.3) is 5.91 Å². The molecule has 3 fully saturated rings. The fourth-order valence-corrected chi connectivity index (χ4v) is 5.64. The summed E-state index contributed by atoms with van der Waals surface area (Å²) in [7, 11) is 0. The zero-order valence-electron chi connectivity index (χ0n) is 18.3. The molecule has 2 aromatic rings. The Morgan fingerprint density at radius 1 is 1.06 bits per heavy atom. The van der Waals surface area contributed by atoms with E-state index >= 15 is 0 Å². The van der Waals surface area contributed by atoms with Crippen molar-refractivity contribution in [3.8, 4) is 11.3 Å². The topological polar surface area (TPSA) is 91.8 Å². The molecule has 1 unspecified atom stereocenters. The van der Waals surface area contributed by atoms with Crippen LogP contribution in [0.4, 0.5) is 0 Å². The third-order valence-electron chi connectivity index (χ3n) is 7.37. The van der Waals surface area contributed by atoms with Crippen LogP contribution in [0.1, 0.15) is 34.3 Å². The highest BCUT2D eigenvalue weighted by Crippen LogP contribution is 2.32. The monoisotopic (exact) mass is 446 g/mol. The smallest absolute Gasteiger partial charge is 0.255 e. The Morgan fingerprint density at radius 2 is 1.88 bits per heavy atom. The summed E-state index contributed by atoms with van der Waals surface area (Å²) in [5.74, 6) is 0.496. The molecule has 0 spiro atoms. The van der Waals surface area contributed by atoms with Crippen molar-refractivity contribution in [3.05, 3.63) is 53.2 Å². The van der Waals surface area contributed by atoms with E-state index in [0.29, 0.717) is 30.4 Å². The first-order valence-corrected chi connectivity index (χ1v) is 11.6. The van der Waals surface area contributed by atoms with Gasteiger partial charge >= 0.3 is 0 Å². The maximum Gasteiger partial charge on any atom is 0.255 e. The minimum Gasteiger partial charge on any atom is -0.381 e. The molecule has 33 heavy (non-hydrogen) atoms. The number of carbonyl (C=O) groups is 3. The Balaban J connectivity index is 1.19. The molecule has 4 aliphatic rings. The number of amides is 3. The van der Waals surface area contributed by atoms with Crippen LogP contribution in [0.3, 0.4) is 0 Å². The highest BCUT2D eigenvalue weighted by atomic mass is 16.5. The first kappa shape index (κ1) is 20.5. The van der Waals surface area contributed by atoms with Gasteiger partial charge in [-0.2, -0.15) is 0 Å². The van der Waals surface area contributed by atoms with E-state index in [0.717, 1.165) is 49.7 Å². The van der Waals surface area contributed by atoms with E-state index < -0.39 is 6.04 Å². The average Bonchev–Trinajstić information content (AvgIpc) is 3.48. The summed E-state index contributed by atoms with van der Waals surface area (Å²) in [5, 5.41) is 2.35. The number of aromatic nitrogens is 1. The molecule has 3 saturated heterocycles. The predicted octanol–water partition coefficient (Wildman–Crippen LogP) is 1.59. The van der Waals surface area contributed by atoms with Crippen LogP contribution < -0.4 is 5.32 Å². The number of nitrogens with one attached hydrogen (secondary N) is 1. The van der Waals surface area contributed by atoms with E-state index in [1.54, 1.807) is 4.90 Å². The van der Waals surface area contributed by atoms with Gasteiger partial charge in [0.05, 0.1) is 18.9 Å². The van der Waals surface area contributed by atoms with Gasteiger partial charge in [0.15, 0.2) is 0 Å². The Morgan fingerprint density at radius 3 is 2.67 bits per heavy atom. The Hall–Kier alpha value is -3.10. The molecule has 5 heterocycles. The molecule has 8 heteroatoms. The van der Waals surface area contributed by atoms with Crippen LogP contribution >= 0.6 is 0 Å². The van der Waals surface area contributed by atoms with E-state index in [9.17, 15) is 14.4 Å².